The fourth-order valence-corrected chi connectivity index (χ4v) is 2.65. The van der Waals surface area contributed by atoms with Gasteiger partial charge in [0, 0.05) is 25.7 Å². The second kappa shape index (κ2) is 7.06. The SMILES string of the molecule is CCc1cccnc1CNC(=O)N1CCC(CC(=O)O)C1. The Morgan fingerprint density at radius 1 is 1.52 bits per heavy atom. The van der Waals surface area contributed by atoms with E-state index in [1.165, 1.54) is 0 Å². The molecule has 2 N–H and O–H groups in total. The predicted octanol–water partition coefficient (Wildman–Crippen LogP) is 1.65. The molecule has 0 aliphatic carbocycles. The van der Waals surface area contributed by atoms with Crippen LogP contribution in [0, 0.1) is 5.92 Å². The molecule has 1 atom stereocenters. The van der Waals surface area contributed by atoms with Crippen LogP contribution in [0.15, 0.2) is 18.3 Å². The van der Waals surface area contributed by atoms with Gasteiger partial charge in [-0.05, 0) is 30.4 Å². The van der Waals surface area contributed by atoms with Crippen molar-refractivity contribution in [1.82, 2.24) is 15.2 Å². The van der Waals surface area contributed by atoms with E-state index in [0.717, 1.165) is 24.1 Å². The number of carbonyl (C=O) groups is 2. The van der Waals surface area contributed by atoms with Gasteiger partial charge in [-0.2, -0.15) is 0 Å². The molecule has 1 aliphatic rings. The van der Waals surface area contributed by atoms with Crippen LogP contribution in [0.5, 0.6) is 0 Å². The summed E-state index contributed by atoms with van der Waals surface area (Å²) in [4.78, 5) is 28.7. The largest absolute Gasteiger partial charge is 0.481 e. The van der Waals surface area contributed by atoms with Gasteiger partial charge in [-0.3, -0.25) is 9.78 Å². The molecule has 21 heavy (non-hydrogen) atoms. The first-order valence-electron chi connectivity index (χ1n) is 7.27. The molecule has 0 bridgehead atoms. The third-order valence-electron chi connectivity index (χ3n) is 3.81. The highest BCUT2D eigenvalue weighted by Crippen LogP contribution is 2.19. The maximum atomic E-state index is 12.1. The Morgan fingerprint density at radius 3 is 3.05 bits per heavy atom. The van der Waals surface area contributed by atoms with Crippen molar-refractivity contribution < 1.29 is 14.7 Å². The maximum Gasteiger partial charge on any atom is 0.317 e. The molecule has 2 rings (SSSR count). The molecule has 0 saturated carbocycles. The fraction of sp³-hybridized carbons (Fsp3) is 0.533. The summed E-state index contributed by atoms with van der Waals surface area (Å²) in [6.07, 6.45) is 3.48. The van der Waals surface area contributed by atoms with Crippen molar-refractivity contribution in [3.8, 4) is 0 Å². The van der Waals surface area contributed by atoms with Crippen molar-refractivity contribution in [3.63, 3.8) is 0 Å². The second-order valence-electron chi connectivity index (χ2n) is 5.32. The number of aliphatic carboxylic acids is 1. The highest BCUT2D eigenvalue weighted by atomic mass is 16.4. The number of nitrogens with one attached hydrogen (secondary N) is 1. The Kier molecular flexibility index (Phi) is 5.14. The minimum absolute atomic E-state index is 0.0642. The third kappa shape index (κ3) is 4.18. The zero-order valence-corrected chi connectivity index (χ0v) is 12.2. The Hall–Kier alpha value is -2.11. The molecule has 0 spiro atoms. The Balaban J connectivity index is 1.84. The minimum atomic E-state index is -0.802. The lowest BCUT2D eigenvalue weighted by atomic mass is 10.1. The lowest BCUT2D eigenvalue weighted by Crippen LogP contribution is -2.38. The van der Waals surface area contributed by atoms with E-state index in [9.17, 15) is 9.59 Å². The van der Waals surface area contributed by atoms with Crippen molar-refractivity contribution in [1.29, 1.82) is 0 Å². The Morgan fingerprint density at radius 2 is 2.33 bits per heavy atom. The first-order chi connectivity index (χ1) is 10.1. The van der Waals surface area contributed by atoms with E-state index in [2.05, 4.69) is 17.2 Å². The van der Waals surface area contributed by atoms with Crippen molar-refractivity contribution in [2.45, 2.75) is 32.7 Å². The number of aromatic nitrogens is 1. The number of carbonyl (C=O) groups excluding carboxylic acids is 1. The average molecular weight is 291 g/mol. The van der Waals surface area contributed by atoms with E-state index >= 15 is 0 Å². The molecule has 2 amide bonds. The normalized spacial score (nSPS) is 17.8. The summed E-state index contributed by atoms with van der Waals surface area (Å²) >= 11 is 0. The van der Waals surface area contributed by atoms with E-state index < -0.39 is 5.97 Å². The number of carboxylic acid groups (broad SMARTS) is 1. The molecule has 114 valence electrons. The van der Waals surface area contributed by atoms with Crippen LogP contribution in [0.2, 0.25) is 0 Å². The highest BCUT2D eigenvalue weighted by Gasteiger charge is 2.27. The van der Waals surface area contributed by atoms with E-state index in [1.54, 1.807) is 11.1 Å². The van der Waals surface area contributed by atoms with Gasteiger partial charge in [0.25, 0.3) is 0 Å². The van der Waals surface area contributed by atoms with Crippen molar-refractivity contribution in [2.75, 3.05) is 13.1 Å². The van der Waals surface area contributed by atoms with Gasteiger partial charge in [0.1, 0.15) is 0 Å². The molecule has 6 nitrogen and oxygen atoms in total. The van der Waals surface area contributed by atoms with E-state index in [4.69, 9.17) is 5.11 Å². The number of likely N-dealkylation sites (tertiary alicyclic amines) is 1. The molecule has 1 aromatic heterocycles. The number of carboxylic acids is 1. The summed E-state index contributed by atoms with van der Waals surface area (Å²) in [5, 5.41) is 11.6. The van der Waals surface area contributed by atoms with E-state index in [1.807, 2.05) is 12.1 Å². The van der Waals surface area contributed by atoms with Gasteiger partial charge in [0.05, 0.1) is 12.2 Å². The van der Waals surface area contributed by atoms with Crippen LogP contribution < -0.4 is 5.32 Å². The first kappa shape index (κ1) is 15.3. The van der Waals surface area contributed by atoms with Gasteiger partial charge in [-0.1, -0.05) is 13.0 Å². The summed E-state index contributed by atoms with van der Waals surface area (Å²) in [6, 6.07) is 3.75. The minimum Gasteiger partial charge on any atom is -0.481 e. The van der Waals surface area contributed by atoms with Crippen LogP contribution >= 0.6 is 0 Å². The van der Waals surface area contributed by atoms with Gasteiger partial charge < -0.3 is 15.3 Å². The number of hydrogen-bond acceptors (Lipinski definition) is 3. The molecule has 0 aromatic carbocycles. The monoisotopic (exact) mass is 291 g/mol. The average Bonchev–Trinajstić information content (AvgIpc) is 2.92. The van der Waals surface area contributed by atoms with E-state index in [0.29, 0.717) is 19.6 Å². The van der Waals surface area contributed by atoms with Crippen LogP contribution in [0.1, 0.15) is 31.0 Å². The summed E-state index contributed by atoms with van der Waals surface area (Å²) in [7, 11) is 0. The fourth-order valence-electron chi connectivity index (χ4n) is 2.65. The molecule has 1 saturated heterocycles. The number of urea groups is 1. The Labute approximate surface area is 124 Å². The molecule has 6 heteroatoms. The molecular formula is C15H21N3O3. The van der Waals surface area contributed by atoms with Crippen molar-refractivity contribution in [2.24, 2.45) is 5.92 Å². The summed E-state index contributed by atoms with van der Waals surface area (Å²) in [5.74, 6) is -0.738. The predicted molar refractivity (Wildman–Crippen MR) is 77.8 cm³/mol. The number of aryl methyl sites for hydroxylation is 1. The Bertz CT molecular complexity index is 519. The zero-order valence-electron chi connectivity index (χ0n) is 12.2. The van der Waals surface area contributed by atoms with Gasteiger partial charge in [0.2, 0.25) is 0 Å². The number of pyridine rings is 1. The van der Waals surface area contributed by atoms with E-state index in [-0.39, 0.29) is 18.4 Å². The van der Waals surface area contributed by atoms with Crippen molar-refractivity contribution in [3.05, 3.63) is 29.6 Å². The van der Waals surface area contributed by atoms with Crippen LogP contribution in [0.25, 0.3) is 0 Å². The lowest BCUT2D eigenvalue weighted by molar-refractivity contribution is -0.138. The summed E-state index contributed by atoms with van der Waals surface area (Å²) in [6.45, 7) is 3.59. The standard InChI is InChI=1S/C15H21N3O3/c1-2-12-4-3-6-16-13(12)9-17-15(21)18-7-5-11(10-18)8-14(19)20/h3-4,6,11H,2,5,7-10H2,1H3,(H,17,21)(H,19,20). The first-order valence-corrected chi connectivity index (χ1v) is 7.27. The highest BCUT2D eigenvalue weighted by molar-refractivity contribution is 5.74. The second-order valence-corrected chi connectivity index (χ2v) is 5.32. The number of hydrogen-bond donors (Lipinski definition) is 2. The van der Waals surface area contributed by atoms with Crippen LogP contribution in [-0.4, -0.2) is 40.1 Å². The maximum absolute atomic E-state index is 12.1. The summed E-state index contributed by atoms with van der Waals surface area (Å²) < 4.78 is 0. The third-order valence-corrected chi connectivity index (χ3v) is 3.81. The smallest absolute Gasteiger partial charge is 0.317 e. The number of rotatable bonds is 5. The molecule has 1 unspecified atom stereocenters. The quantitative estimate of drug-likeness (QED) is 0.864. The topological polar surface area (TPSA) is 82.5 Å². The molecule has 0 radical (unpaired) electrons. The van der Waals surface area contributed by atoms with Crippen LogP contribution in [0.3, 0.4) is 0 Å². The van der Waals surface area contributed by atoms with Crippen LogP contribution in [0.4, 0.5) is 4.79 Å². The van der Waals surface area contributed by atoms with Crippen molar-refractivity contribution >= 4 is 12.0 Å². The summed E-state index contributed by atoms with van der Waals surface area (Å²) in [5.41, 5.74) is 2.01. The lowest BCUT2D eigenvalue weighted by Gasteiger charge is -2.17. The molecule has 1 aromatic rings. The molecule has 2 heterocycles. The molecule has 1 fully saturated rings. The molecular weight excluding hydrogens is 270 g/mol. The van der Waals surface area contributed by atoms with Gasteiger partial charge in [-0.15, -0.1) is 0 Å². The number of nitrogens with zero attached hydrogens (tertiary/aromatic N) is 2. The van der Waals surface area contributed by atoms with Crippen LogP contribution in [-0.2, 0) is 17.8 Å². The van der Waals surface area contributed by atoms with Gasteiger partial charge in [-0.25, -0.2) is 4.79 Å². The molecule has 1 aliphatic heterocycles. The van der Waals surface area contributed by atoms with Gasteiger partial charge in [0.15, 0.2) is 0 Å². The number of amides is 2. The zero-order chi connectivity index (χ0) is 15.2. The van der Waals surface area contributed by atoms with Gasteiger partial charge >= 0.3 is 12.0 Å².